The Morgan fingerprint density at radius 2 is 1.75 bits per heavy atom. The lowest BCUT2D eigenvalue weighted by Crippen LogP contribution is -2.49. The summed E-state index contributed by atoms with van der Waals surface area (Å²) in [6.07, 6.45) is 3.76. The predicted octanol–water partition coefficient (Wildman–Crippen LogP) is 5.94. The second kappa shape index (κ2) is 13.5. The standard InChI is InChI=1S/C20H17F3N6O.C12H21NO/c1-11-16(18(24)28-10-27-11)17(25-2)12-3-5-13(6-4-12)19(30)29-15-9-14(7-8-26-15)20(21,22)23;1-10-5-3-8-13(9-10)11(14)12(2)6-4-7-12/h3-10H,1-2H3,(H2,24,27,28)(H,26,29,30);10H,3-9H2,1-2H3. The first-order valence-electron chi connectivity index (χ1n) is 14.6. The van der Waals surface area contributed by atoms with E-state index in [0.717, 1.165) is 44.3 Å². The van der Waals surface area contributed by atoms with E-state index in [9.17, 15) is 22.8 Å². The second-order valence-electron chi connectivity index (χ2n) is 11.7. The average molecular weight is 610 g/mol. The lowest BCUT2D eigenvalue weighted by molar-refractivity contribution is -0.147. The van der Waals surface area contributed by atoms with Gasteiger partial charge in [0.1, 0.15) is 18.0 Å². The third-order valence-corrected chi connectivity index (χ3v) is 8.19. The minimum atomic E-state index is -4.53. The fourth-order valence-electron chi connectivity index (χ4n) is 5.49. The van der Waals surface area contributed by atoms with Gasteiger partial charge < -0.3 is 16.0 Å². The quantitative estimate of drug-likeness (QED) is 0.345. The molecular formula is C32H38F3N7O2. The lowest BCUT2D eigenvalue weighted by Gasteiger charge is -2.43. The van der Waals surface area contributed by atoms with Crippen LogP contribution in [0.15, 0.2) is 53.9 Å². The Balaban J connectivity index is 0.000000262. The first kappa shape index (κ1) is 32.6. The van der Waals surface area contributed by atoms with Crippen LogP contribution in [-0.4, -0.2) is 57.5 Å². The van der Waals surface area contributed by atoms with Gasteiger partial charge in [-0.3, -0.25) is 14.6 Å². The molecule has 3 aromatic rings. The lowest BCUT2D eigenvalue weighted by atomic mass is 9.69. The minimum absolute atomic E-state index is 0.0110. The number of piperidine rings is 1. The molecule has 5 rings (SSSR count). The number of likely N-dealkylation sites (tertiary alicyclic amines) is 1. The van der Waals surface area contributed by atoms with Crippen LogP contribution in [0, 0.1) is 18.3 Å². The van der Waals surface area contributed by atoms with Crippen LogP contribution in [-0.2, 0) is 11.0 Å². The molecule has 0 bridgehead atoms. The summed E-state index contributed by atoms with van der Waals surface area (Å²) in [5, 5.41) is 2.36. The number of aromatic nitrogens is 3. The summed E-state index contributed by atoms with van der Waals surface area (Å²) >= 11 is 0. The Kier molecular flexibility index (Phi) is 10.0. The number of alkyl halides is 3. The van der Waals surface area contributed by atoms with Crippen LogP contribution in [0.25, 0.3) is 0 Å². The van der Waals surface area contributed by atoms with E-state index in [2.05, 4.69) is 44.0 Å². The fourth-order valence-corrected chi connectivity index (χ4v) is 5.49. The Labute approximate surface area is 255 Å². The molecule has 1 saturated heterocycles. The van der Waals surface area contributed by atoms with E-state index in [-0.39, 0.29) is 22.6 Å². The molecule has 2 amide bonds. The molecule has 2 aliphatic rings. The minimum Gasteiger partial charge on any atom is -0.383 e. The number of benzene rings is 1. The maximum absolute atomic E-state index is 12.8. The molecule has 12 heteroatoms. The van der Waals surface area contributed by atoms with E-state index in [1.54, 1.807) is 26.1 Å². The number of hydrogen-bond donors (Lipinski definition) is 2. The number of nitrogens with two attached hydrogens (primary N) is 1. The zero-order chi connectivity index (χ0) is 32.1. The summed E-state index contributed by atoms with van der Waals surface area (Å²) < 4.78 is 38.4. The van der Waals surface area contributed by atoms with E-state index in [1.807, 2.05) is 0 Å². The van der Waals surface area contributed by atoms with Gasteiger partial charge in [-0.25, -0.2) is 15.0 Å². The maximum atomic E-state index is 12.8. The molecule has 1 aliphatic heterocycles. The highest BCUT2D eigenvalue weighted by molar-refractivity contribution is 6.16. The van der Waals surface area contributed by atoms with E-state index in [4.69, 9.17) is 5.73 Å². The number of nitrogens with one attached hydrogen (secondary N) is 1. The van der Waals surface area contributed by atoms with Crippen LogP contribution >= 0.6 is 0 Å². The number of amides is 2. The fraction of sp³-hybridized carbons (Fsp3) is 0.438. The number of halogens is 3. The number of nitrogen functional groups attached to an aromatic ring is 1. The van der Waals surface area contributed by atoms with Gasteiger partial charge >= 0.3 is 6.18 Å². The summed E-state index contributed by atoms with van der Waals surface area (Å²) in [6, 6.07) is 7.97. The summed E-state index contributed by atoms with van der Waals surface area (Å²) in [7, 11) is 1.60. The van der Waals surface area contributed by atoms with Crippen molar-refractivity contribution in [3.8, 4) is 0 Å². The molecule has 1 saturated carbocycles. The van der Waals surface area contributed by atoms with Crippen molar-refractivity contribution < 1.29 is 22.8 Å². The van der Waals surface area contributed by atoms with Crippen molar-refractivity contribution in [3.05, 3.63) is 76.9 Å². The van der Waals surface area contributed by atoms with Gasteiger partial charge in [0.15, 0.2) is 0 Å². The van der Waals surface area contributed by atoms with Gasteiger partial charge in [0, 0.05) is 42.9 Å². The molecular weight excluding hydrogens is 571 g/mol. The molecule has 2 aromatic heterocycles. The molecule has 2 fully saturated rings. The number of anilines is 2. The second-order valence-corrected chi connectivity index (χ2v) is 11.7. The number of aryl methyl sites for hydroxylation is 1. The summed E-state index contributed by atoms with van der Waals surface area (Å²) in [4.78, 5) is 42.8. The van der Waals surface area contributed by atoms with Crippen LogP contribution in [0.2, 0.25) is 0 Å². The SMILES string of the molecule is CC1CCCN(C(=O)C2(C)CCC2)C1.CN=C(c1ccc(C(=O)Nc2cc(C(F)(F)F)ccn2)cc1)c1c(C)ncnc1N. The predicted molar refractivity (Wildman–Crippen MR) is 163 cm³/mol. The molecule has 3 N–H and O–H groups in total. The van der Waals surface area contributed by atoms with Crippen LogP contribution in [0.1, 0.15) is 78.7 Å². The third kappa shape index (κ3) is 7.59. The zero-order valence-corrected chi connectivity index (χ0v) is 25.4. The smallest absolute Gasteiger partial charge is 0.383 e. The maximum Gasteiger partial charge on any atom is 0.416 e. The molecule has 9 nitrogen and oxygen atoms in total. The first-order valence-corrected chi connectivity index (χ1v) is 14.6. The van der Waals surface area contributed by atoms with Crippen LogP contribution in [0.4, 0.5) is 24.8 Å². The summed E-state index contributed by atoms with van der Waals surface area (Å²) in [6.45, 7) is 8.16. The van der Waals surface area contributed by atoms with Gasteiger partial charge in [0.2, 0.25) is 5.91 Å². The molecule has 1 aromatic carbocycles. The van der Waals surface area contributed by atoms with E-state index < -0.39 is 17.6 Å². The van der Waals surface area contributed by atoms with Crippen LogP contribution in [0.3, 0.4) is 0 Å². The third-order valence-electron chi connectivity index (χ3n) is 8.19. The van der Waals surface area contributed by atoms with Gasteiger partial charge in [-0.05, 0) is 62.8 Å². The largest absolute Gasteiger partial charge is 0.416 e. The van der Waals surface area contributed by atoms with Crippen molar-refractivity contribution in [2.45, 2.75) is 59.1 Å². The topological polar surface area (TPSA) is 126 Å². The number of hydrogen-bond acceptors (Lipinski definition) is 7. The molecule has 1 unspecified atom stereocenters. The van der Waals surface area contributed by atoms with E-state index >= 15 is 0 Å². The Morgan fingerprint density at radius 3 is 2.32 bits per heavy atom. The highest BCUT2D eigenvalue weighted by Gasteiger charge is 2.42. The van der Waals surface area contributed by atoms with Crippen LogP contribution in [0.5, 0.6) is 0 Å². The van der Waals surface area contributed by atoms with E-state index in [0.29, 0.717) is 34.4 Å². The van der Waals surface area contributed by atoms with Crippen molar-refractivity contribution in [1.82, 2.24) is 19.9 Å². The van der Waals surface area contributed by atoms with Gasteiger partial charge in [-0.2, -0.15) is 13.2 Å². The average Bonchev–Trinajstić information content (AvgIpc) is 2.97. The molecule has 3 heterocycles. The van der Waals surface area contributed by atoms with Gasteiger partial charge in [0.25, 0.3) is 5.91 Å². The van der Waals surface area contributed by atoms with Gasteiger partial charge in [0.05, 0.1) is 22.5 Å². The zero-order valence-electron chi connectivity index (χ0n) is 25.4. The molecule has 44 heavy (non-hydrogen) atoms. The summed E-state index contributed by atoms with van der Waals surface area (Å²) in [5.74, 6) is 0.619. The molecule has 1 atom stereocenters. The Bertz CT molecular complexity index is 1500. The Morgan fingerprint density at radius 1 is 1.07 bits per heavy atom. The highest BCUT2D eigenvalue weighted by Crippen LogP contribution is 2.42. The number of rotatable bonds is 5. The molecule has 0 radical (unpaired) electrons. The number of carbonyl (C=O) groups is 2. The molecule has 234 valence electrons. The number of pyridine rings is 1. The van der Waals surface area contributed by atoms with Crippen molar-refractivity contribution in [1.29, 1.82) is 0 Å². The summed E-state index contributed by atoms with van der Waals surface area (Å²) in [5.41, 5.74) is 7.78. The van der Waals surface area contributed by atoms with Gasteiger partial charge in [-0.15, -0.1) is 0 Å². The monoisotopic (exact) mass is 609 g/mol. The van der Waals surface area contributed by atoms with E-state index in [1.165, 1.54) is 37.7 Å². The van der Waals surface area contributed by atoms with Crippen molar-refractivity contribution in [3.63, 3.8) is 0 Å². The van der Waals surface area contributed by atoms with Gasteiger partial charge in [-0.1, -0.05) is 32.4 Å². The van der Waals surface area contributed by atoms with Crippen molar-refractivity contribution >= 4 is 29.2 Å². The number of carbonyl (C=O) groups excluding carboxylic acids is 2. The Hall–Kier alpha value is -4.35. The molecule has 1 aliphatic carbocycles. The van der Waals surface area contributed by atoms with Crippen LogP contribution < -0.4 is 11.1 Å². The first-order chi connectivity index (χ1) is 20.8. The van der Waals surface area contributed by atoms with Crippen molar-refractivity contribution in [2.24, 2.45) is 16.3 Å². The normalized spacial score (nSPS) is 18.0. The molecule has 0 spiro atoms. The number of aliphatic imine (C=N–C) groups is 1. The highest BCUT2D eigenvalue weighted by atomic mass is 19.4. The van der Waals surface area contributed by atoms with Crippen molar-refractivity contribution in [2.75, 3.05) is 31.2 Å². The number of nitrogens with zero attached hydrogens (tertiary/aromatic N) is 5.